The Morgan fingerprint density at radius 1 is 1.36 bits per heavy atom. The van der Waals surface area contributed by atoms with Crippen LogP contribution in [0.25, 0.3) is 0 Å². The number of ether oxygens (including phenoxy) is 1. The lowest BCUT2D eigenvalue weighted by Gasteiger charge is -2.13. The summed E-state index contributed by atoms with van der Waals surface area (Å²) in [6, 6.07) is 5.70. The summed E-state index contributed by atoms with van der Waals surface area (Å²) < 4.78 is 7.18. The molecule has 0 aliphatic heterocycles. The van der Waals surface area contributed by atoms with Gasteiger partial charge < -0.3 is 4.74 Å². The van der Waals surface area contributed by atoms with Gasteiger partial charge >= 0.3 is 0 Å². The van der Waals surface area contributed by atoms with Crippen LogP contribution in [0.5, 0.6) is 5.75 Å². The van der Waals surface area contributed by atoms with Gasteiger partial charge in [0.1, 0.15) is 6.07 Å². The minimum atomic E-state index is 0.0552. The van der Waals surface area contributed by atoms with E-state index in [4.69, 9.17) is 10.00 Å². The number of rotatable bonds is 2. The molecule has 0 fully saturated rings. The van der Waals surface area contributed by atoms with E-state index in [0.29, 0.717) is 11.3 Å². The minimum Gasteiger partial charge on any atom is -0.488 e. The highest BCUT2D eigenvalue weighted by atomic mass is 79.9. The molecule has 74 valence electrons. The topological polar surface area (TPSA) is 33.0 Å². The summed E-state index contributed by atoms with van der Waals surface area (Å²) in [6.07, 6.45) is 0.0552. The van der Waals surface area contributed by atoms with Crippen molar-refractivity contribution in [3.63, 3.8) is 0 Å². The third-order valence-corrected chi connectivity index (χ3v) is 2.53. The molecule has 0 amide bonds. The van der Waals surface area contributed by atoms with Gasteiger partial charge in [0.25, 0.3) is 0 Å². The summed E-state index contributed by atoms with van der Waals surface area (Å²) in [5.74, 6) is 0.603. The lowest BCUT2D eigenvalue weighted by atomic mass is 10.2. The van der Waals surface area contributed by atoms with Crippen LogP contribution >= 0.6 is 31.9 Å². The van der Waals surface area contributed by atoms with Gasteiger partial charge in [-0.1, -0.05) is 15.9 Å². The molecule has 0 aliphatic rings. The molecule has 0 spiro atoms. The van der Waals surface area contributed by atoms with Crippen molar-refractivity contribution in [1.82, 2.24) is 0 Å². The molecule has 0 saturated carbocycles. The molecule has 2 nitrogen and oxygen atoms in total. The predicted molar refractivity (Wildman–Crippen MR) is 62.3 cm³/mol. The summed E-state index contributed by atoms with van der Waals surface area (Å²) in [6.45, 7) is 3.85. The average Bonchev–Trinajstić information content (AvgIpc) is 2.08. The van der Waals surface area contributed by atoms with Crippen LogP contribution in [0, 0.1) is 11.3 Å². The summed E-state index contributed by atoms with van der Waals surface area (Å²) >= 11 is 6.68. The van der Waals surface area contributed by atoms with Crippen molar-refractivity contribution in [1.29, 1.82) is 5.26 Å². The Hall–Kier alpha value is -0.530. The van der Waals surface area contributed by atoms with Gasteiger partial charge in [-0.15, -0.1) is 0 Å². The second-order valence-electron chi connectivity index (χ2n) is 3.04. The van der Waals surface area contributed by atoms with Crippen molar-refractivity contribution in [2.75, 3.05) is 0 Å². The Kier molecular flexibility index (Phi) is 3.97. The molecule has 4 heteroatoms. The highest BCUT2D eigenvalue weighted by Crippen LogP contribution is 2.33. The van der Waals surface area contributed by atoms with E-state index in [9.17, 15) is 0 Å². The van der Waals surface area contributed by atoms with Crippen molar-refractivity contribution in [2.45, 2.75) is 20.0 Å². The number of benzene rings is 1. The summed E-state index contributed by atoms with van der Waals surface area (Å²) in [4.78, 5) is 0. The quantitative estimate of drug-likeness (QED) is 0.829. The van der Waals surface area contributed by atoms with Gasteiger partial charge in [-0.05, 0) is 41.9 Å². The number of hydrogen-bond acceptors (Lipinski definition) is 2. The third-order valence-electron chi connectivity index (χ3n) is 1.48. The normalized spacial score (nSPS) is 10.0. The van der Waals surface area contributed by atoms with Crippen LogP contribution in [-0.4, -0.2) is 6.10 Å². The van der Waals surface area contributed by atoms with E-state index in [1.807, 2.05) is 19.9 Å². The minimum absolute atomic E-state index is 0.0552. The molecule has 1 rings (SSSR count). The SMILES string of the molecule is CC(C)Oc1c(Br)cc(Br)cc1C#N. The summed E-state index contributed by atoms with van der Waals surface area (Å²) in [5, 5.41) is 8.91. The zero-order chi connectivity index (χ0) is 10.7. The fourth-order valence-electron chi connectivity index (χ4n) is 0.999. The molecule has 0 N–H and O–H groups in total. The van der Waals surface area contributed by atoms with Gasteiger partial charge in [-0.3, -0.25) is 0 Å². The Labute approximate surface area is 100 Å². The molecular formula is C10H9Br2NO. The molecule has 0 aromatic heterocycles. The van der Waals surface area contributed by atoms with Gasteiger partial charge in [0.15, 0.2) is 5.75 Å². The summed E-state index contributed by atoms with van der Waals surface area (Å²) in [5.41, 5.74) is 0.528. The zero-order valence-electron chi connectivity index (χ0n) is 7.84. The molecule has 14 heavy (non-hydrogen) atoms. The maximum absolute atomic E-state index is 8.91. The van der Waals surface area contributed by atoms with E-state index >= 15 is 0 Å². The molecule has 1 aromatic carbocycles. The van der Waals surface area contributed by atoms with Gasteiger partial charge in [0, 0.05) is 4.47 Å². The van der Waals surface area contributed by atoms with Crippen LogP contribution in [-0.2, 0) is 0 Å². The van der Waals surface area contributed by atoms with Crippen molar-refractivity contribution in [3.05, 3.63) is 26.6 Å². The highest BCUT2D eigenvalue weighted by molar-refractivity contribution is 9.11. The van der Waals surface area contributed by atoms with Crippen LogP contribution in [0.1, 0.15) is 19.4 Å². The van der Waals surface area contributed by atoms with Crippen LogP contribution in [0.4, 0.5) is 0 Å². The van der Waals surface area contributed by atoms with Gasteiger partial charge in [0.05, 0.1) is 16.1 Å². The molecule has 1 aromatic rings. The average molecular weight is 319 g/mol. The van der Waals surface area contributed by atoms with E-state index in [2.05, 4.69) is 37.9 Å². The van der Waals surface area contributed by atoms with Crippen molar-refractivity contribution >= 4 is 31.9 Å². The maximum atomic E-state index is 8.91. The largest absolute Gasteiger partial charge is 0.488 e. The lowest BCUT2D eigenvalue weighted by molar-refractivity contribution is 0.240. The Morgan fingerprint density at radius 2 is 2.00 bits per heavy atom. The monoisotopic (exact) mass is 317 g/mol. The first-order valence-corrected chi connectivity index (χ1v) is 5.69. The Balaban J connectivity index is 3.20. The maximum Gasteiger partial charge on any atom is 0.151 e. The van der Waals surface area contributed by atoms with E-state index in [1.54, 1.807) is 6.07 Å². The molecule has 0 saturated heterocycles. The Bertz CT molecular complexity index is 382. The molecule has 0 radical (unpaired) electrons. The number of halogens is 2. The number of hydrogen-bond donors (Lipinski definition) is 0. The van der Waals surface area contributed by atoms with E-state index in [-0.39, 0.29) is 6.10 Å². The predicted octanol–water partition coefficient (Wildman–Crippen LogP) is 3.87. The van der Waals surface area contributed by atoms with E-state index in [0.717, 1.165) is 8.95 Å². The fourth-order valence-corrected chi connectivity index (χ4v) is 2.32. The molecule has 0 bridgehead atoms. The van der Waals surface area contributed by atoms with Crippen LogP contribution in [0.2, 0.25) is 0 Å². The molecule has 0 atom stereocenters. The van der Waals surface area contributed by atoms with Crippen LogP contribution in [0.15, 0.2) is 21.1 Å². The van der Waals surface area contributed by atoms with Crippen molar-refractivity contribution in [3.8, 4) is 11.8 Å². The number of nitriles is 1. The summed E-state index contributed by atoms with van der Waals surface area (Å²) in [7, 11) is 0. The third kappa shape index (κ3) is 2.73. The van der Waals surface area contributed by atoms with Crippen LogP contribution < -0.4 is 4.74 Å². The smallest absolute Gasteiger partial charge is 0.151 e. The van der Waals surface area contributed by atoms with E-state index in [1.165, 1.54) is 0 Å². The zero-order valence-corrected chi connectivity index (χ0v) is 11.0. The van der Waals surface area contributed by atoms with Gasteiger partial charge in [-0.25, -0.2) is 0 Å². The molecule has 0 aliphatic carbocycles. The number of nitrogens with zero attached hydrogens (tertiary/aromatic N) is 1. The second kappa shape index (κ2) is 4.81. The molecular weight excluding hydrogens is 310 g/mol. The van der Waals surface area contributed by atoms with Gasteiger partial charge in [0.2, 0.25) is 0 Å². The highest BCUT2D eigenvalue weighted by Gasteiger charge is 2.10. The lowest BCUT2D eigenvalue weighted by Crippen LogP contribution is -2.07. The second-order valence-corrected chi connectivity index (χ2v) is 4.81. The first-order chi connectivity index (χ1) is 6.54. The van der Waals surface area contributed by atoms with Gasteiger partial charge in [-0.2, -0.15) is 5.26 Å². The van der Waals surface area contributed by atoms with Crippen molar-refractivity contribution < 1.29 is 4.74 Å². The first kappa shape index (κ1) is 11.5. The molecule has 0 unspecified atom stereocenters. The molecule has 0 heterocycles. The first-order valence-electron chi connectivity index (χ1n) is 4.10. The van der Waals surface area contributed by atoms with Crippen molar-refractivity contribution in [2.24, 2.45) is 0 Å². The van der Waals surface area contributed by atoms with Crippen LogP contribution in [0.3, 0.4) is 0 Å². The Morgan fingerprint density at radius 3 is 2.50 bits per heavy atom. The van der Waals surface area contributed by atoms with E-state index < -0.39 is 0 Å². The fraction of sp³-hybridized carbons (Fsp3) is 0.300. The standard InChI is InChI=1S/C10H9Br2NO/c1-6(2)14-10-7(5-13)3-8(11)4-9(10)12/h3-4,6H,1-2H3.